The number of rotatable bonds is 8. The number of benzene rings is 4. The van der Waals surface area contributed by atoms with Crippen molar-refractivity contribution >= 4 is 72.6 Å². The first-order valence-electron chi connectivity index (χ1n) is 19.4. The molecule has 6 heterocycles. The molecule has 65 heavy (non-hydrogen) atoms. The van der Waals surface area contributed by atoms with E-state index < -0.39 is 0 Å². The van der Waals surface area contributed by atoms with Gasteiger partial charge in [-0.3, -0.25) is 0 Å². The van der Waals surface area contributed by atoms with Crippen LogP contribution in [0.15, 0.2) is 175 Å². The molecule has 10 aromatic rings. The van der Waals surface area contributed by atoms with Gasteiger partial charge in [-0.25, -0.2) is 29.9 Å². The molecule has 0 aliphatic carbocycles. The molecule has 0 fully saturated rings. The summed E-state index contributed by atoms with van der Waals surface area (Å²) < 4.78 is 11.1. The minimum Gasteiger partial charge on any atom is -0.870 e. The van der Waals surface area contributed by atoms with Crippen molar-refractivity contribution in [3.05, 3.63) is 197 Å². The van der Waals surface area contributed by atoms with Gasteiger partial charge in [0.15, 0.2) is 5.75 Å². The van der Waals surface area contributed by atoms with Crippen molar-refractivity contribution in [1.82, 2.24) is 39.0 Å². The predicted molar refractivity (Wildman–Crippen MR) is 256 cm³/mol. The van der Waals surface area contributed by atoms with Crippen LogP contribution in [-0.4, -0.2) is 49.6 Å². The molecule has 320 valence electrons. The van der Waals surface area contributed by atoms with Crippen molar-refractivity contribution in [3.63, 3.8) is 0 Å². The maximum absolute atomic E-state index is 9.92. The van der Waals surface area contributed by atoms with Gasteiger partial charge >= 0.3 is 29.6 Å². The largest absolute Gasteiger partial charge is 1.00 e. The fourth-order valence-corrected chi connectivity index (χ4v) is 7.62. The zero-order chi connectivity index (χ0) is 43.7. The minimum atomic E-state index is 0. The Hall–Kier alpha value is -6.36. The smallest absolute Gasteiger partial charge is 0.870 e. The second kappa shape index (κ2) is 22.5. The summed E-state index contributed by atoms with van der Waals surface area (Å²) in [7, 11) is 0. The number of nitrogens with zero attached hydrogens (tertiary/aromatic N) is 8. The van der Waals surface area contributed by atoms with E-state index in [-0.39, 0.29) is 40.8 Å². The van der Waals surface area contributed by atoms with Gasteiger partial charge < -0.3 is 35.9 Å². The maximum Gasteiger partial charge on any atom is 1.00 e. The Labute approximate surface area is 414 Å². The number of hydrogen-bond acceptors (Lipinski definition) is 11. The fraction of sp³-hybridized carbons (Fsp3) is 0.0417. The van der Waals surface area contributed by atoms with Crippen LogP contribution in [0.5, 0.6) is 17.2 Å². The van der Waals surface area contributed by atoms with Crippen LogP contribution in [-0.2, 0) is 13.1 Å². The Morgan fingerprint density at radius 1 is 0.554 bits per heavy atom. The van der Waals surface area contributed by atoms with Gasteiger partial charge in [0.05, 0.1) is 63.8 Å². The van der Waals surface area contributed by atoms with Gasteiger partial charge in [-0.15, -0.1) is 0 Å². The molecule has 6 N–H and O–H groups in total. The monoisotopic (exact) mass is 974 g/mol. The zero-order valence-corrected chi connectivity index (χ0v) is 39.8. The maximum atomic E-state index is 9.92. The van der Waals surface area contributed by atoms with Gasteiger partial charge in [-0.05, 0) is 88.7 Å². The summed E-state index contributed by atoms with van der Waals surface area (Å²) in [6, 6.07) is 42.2. The summed E-state index contributed by atoms with van der Waals surface area (Å²) in [5.74, 6) is 2.45. The van der Waals surface area contributed by atoms with E-state index in [1.165, 1.54) is 12.7 Å². The van der Waals surface area contributed by atoms with E-state index in [1.807, 2.05) is 97.1 Å². The Morgan fingerprint density at radius 3 is 1.51 bits per heavy atom. The summed E-state index contributed by atoms with van der Waals surface area (Å²) in [5.41, 5.74) is 19.2. The SMILES string of the molecule is Brc1cncnc1.Nc1cccc(Cn2c(-c3ccccc3Cl)cc3ccc(O)cc32)n1.Nc1cccc(Cn2c(-c3ccccc3Cl)cc3ccc(Oc4cncnc4)cc32)n1.[Na+].[OH-]. The topological polar surface area (TPSA) is 199 Å². The number of ether oxygens (including phenoxy) is 1. The summed E-state index contributed by atoms with van der Waals surface area (Å²) in [5, 5.41) is 13.4. The molecule has 0 spiro atoms. The van der Waals surface area contributed by atoms with Crippen LogP contribution in [0.25, 0.3) is 44.3 Å². The summed E-state index contributed by atoms with van der Waals surface area (Å²) in [4.78, 5) is 24.3. The van der Waals surface area contributed by atoms with Crippen LogP contribution in [0.2, 0.25) is 10.0 Å². The van der Waals surface area contributed by atoms with Gasteiger partial charge in [0.1, 0.15) is 35.8 Å². The quantitative estimate of drug-likeness (QED) is 0.124. The number of aromatic hydroxyl groups is 1. The number of aromatic nitrogens is 8. The average Bonchev–Trinajstić information content (AvgIpc) is 3.82. The van der Waals surface area contributed by atoms with Crippen LogP contribution in [0.1, 0.15) is 11.4 Å². The predicted octanol–water partition coefficient (Wildman–Crippen LogP) is 8.33. The molecular weight excluding hydrogens is 938 g/mol. The molecule has 13 nitrogen and oxygen atoms in total. The summed E-state index contributed by atoms with van der Waals surface area (Å²) >= 11 is 16.1. The zero-order valence-electron chi connectivity index (χ0n) is 34.7. The summed E-state index contributed by atoms with van der Waals surface area (Å²) in [6.07, 6.45) is 9.59. The molecule has 0 aliphatic rings. The van der Waals surface area contributed by atoms with Crippen molar-refractivity contribution in [2.75, 3.05) is 11.5 Å². The molecular formula is C48H38BrCl2N10NaO3. The van der Waals surface area contributed by atoms with Gasteiger partial charge in [-0.2, -0.15) is 0 Å². The molecule has 0 radical (unpaired) electrons. The molecule has 0 saturated carbocycles. The number of nitrogens with two attached hydrogens (primary N) is 2. The first-order valence-corrected chi connectivity index (χ1v) is 20.9. The van der Waals surface area contributed by atoms with Crippen molar-refractivity contribution in [3.8, 4) is 39.8 Å². The van der Waals surface area contributed by atoms with Gasteiger partial charge in [0.25, 0.3) is 0 Å². The van der Waals surface area contributed by atoms with Crippen molar-refractivity contribution < 1.29 is 44.9 Å². The van der Waals surface area contributed by atoms with E-state index in [9.17, 15) is 5.11 Å². The third-order valence-electron chi connectivity index (χ3n) is 9.66. The van der Waals surface area contributed by atoms with Gasteiger partial charge in [0.2, 0.25) is 0 Å². The molecule has 0 atom stereocenters. The second-order valence-electron chi connectivity index (χ2n) is 14.0. The Balaban J connectivity index is 0.000000185. The number of anilines is 2. The summed E-state index contributed by atoms with van der Waals surface area (Å²) in [6.45, 7) is 1.06. The molecule has 6 aromatic heterocycles. The molecule has 0 aliphatic heterocycles. The number of phenols is 1. The Morgan fingerprint density at radius 2 is 1.03 bits per heavy atom. The number of phenolic OH excluding ortho intramolecular Hbond substituents is 1. The number of fused-ring (bicyclic) bond motifs is 2. The first-order chi connectivity index (χ1) is 30.7. The number of nitrogen functional groups attached to an aromatic ring is 2. The van der Waals surface area contributed by atoms with E-state index in [1.54, 1.807) is 49.1 Å². The molecule has 4 aromatic carbocycles. The third-order valence-corrected chi connectivity index (χ3v) is 10.7. The number of pyridine rings is 2. The Kier molecular flexibility index (Phi) is 16.7. The average molecular weight is 977 g/mol. The molecule has 0 bridgehead atoms. The normalized spacial score (nSPS) is 10.4. The van der Waals surface area contributed by atoms with E-state index in [4.69, 9.17) is 39.4 Å². The van der Waals surface area contributed by atoms with Crippen LogP contribution in [0.3, 0.4) is 0 Å². The van der Waals surface area contributed by atoms with Crippen molar-refractivity contribution in [2.24, 2.45) is 0 Å². The van der Waals surface area contributed by atoms with E-state index in [0.717, 1.165) is 60.2 Å². The molecule has 0 saturated heterocycles. The molecule has 0 unspecified atom stereocenters. The standard InChI is InChI=1S/C24H18ClN5O.C20H16ClN3O.C4H3BrN2.Na.H2O/c25-21-6-2-1-5-20(21)23-10-16-8-9-18(31-19-12-27-15-28-13-19)11-22(16)30(23)14-17-4-3-7-24(26)29-17;21-17-6-2-1-5-16(17)19-10-13-8-9-15(25)11-18(13)24(19)12-14-4-3-7-20(22)23-14;5-4-1-6-3-7-2-4;;/h1-13,15H,14H2,(H2,26,29);1-11,25H,12H2,(H2,22,23);1-3H;;1H2/q;;;+1;/p-1. The molecule has 10 rings (SSSR count). The van der Waals surface area contributed by atoms with Crippen molar-refractivity contribution in [1.29, 1.82) is 0 Å². The van der Waals surface area contributed by atoms with Gasteiger partial charge in [0, 0.05) is 56.5 Å². The first kappa shape index (κ1) is 48.1. The minimum absolute atomic E-state index is 0. The van der Waals surface area contributed by atoms with Crippen LogP contribution >= 0.6 is 39.1 Å². The van der Waals surface area contributed by atoms with Crippen LogP contribution in [0, 0.1) is 0 Å². The Bertz CT molecular complexity index is 3160. The second-order valence-corrected chi connectivity index (χ2v) is 15.7. The van der Waals surface area contributed by atoms with Crippen LogP contribution in [0.4, 0.5) is 11.6 Å². The number of halogens is 3. The van der Waals surface area contributed by atoms with E-state index >= 15 is 0 Å². The molecule has 17 heteroatoms. The van der Waals surface area contributed by atoms with Gasteiger partial charge in [-0.1, -0.05) is 71.7 Å². The van der Waals surface area contributed by atoms with Crippen molar-refractivity contribution in [2.45, 2.75) is 13.1 Å². The third kappa shape index (κ3) is 12.1. The van der Waals surface area contributed by atoms with Crippen LogP contribution < -0.4 is 45.8 Å². The molecule has 0 amide bonds. The number of hydrogen-bond donors (Lipinski definition) is 3. The fourth-order valence-electron chi connectivity index (χ4n) is 6.92. The van der Waals surface area contributed by atoms with E-state index in [0.29, 0.717) is 46.3 Å². The van der Waals surface area contributed by atoms with E-state index in [2.05, 4.69) is 67.1 Å².